The molecule has 0 aromatic heterocycles. The van der Waals surface area contributed by atoms with Crippen molar-refractivity contribution in [3.05, 3.63) is 53.3 Å². The number of hydrogen-bond donors (Lipinski definition) is 1. The molecule has 0 radical (unpaired) electrons. The first-order valence-corrected chi connectivity index (χ1v) is 8.99. The molecule has 1 amide bonds. The largest absolute Gasteiger partial charge is 0.497 e. The van der Waals surface area contributed by atoms with E-state index in [2.05, 4.69) is 5.32 Å². The highest BCUT2D eigenvalue weighted by Gasteiger charge is 2.19. The van der Waals surface area contributed by atoms with Gasteiger partial charge < -0.3 is 19.5 Å². The van der Waals surface area contributed by atoms with Gasteiger partial charge in [0.05, 0.1) is 19.4 Å². The molecule has 150 valence electrons. The van der Waals surface area contributed by atoms with Gasteiger partial charge in [-0.3, -0.25) is 9.59 Å². The molecular formula is C20H21ClFNO5. The SMILES string of the molecule is COc1ccc(OCCCC(=O)O[C@@H](C)C(=O)Nc2ccc(Cl)cc2F)cc1. The second-order valence-corrected chi connectivity index (χ2v) is 6.31. The summed E-state index contributed by atoms with van der Waals surface area (Å²) < 4.78 is 29.3. The van der Waals surface area contributed by atoms with Crippen molar-refractivity contribution in [2.75, 3.05) is 19.0 Å². The number of nitrogens with one attached hydrogen (secondary N) is 1. The number of methoxy groups -OCH3 is 1. The quantitative estimate of drug-likeness (QED) is 0.496. The van der Waals surface area contributed by atoms with Crippen molar-refractivity contribution in [2.24, 2.45) is 0 Å². The van der Waals surface area contributed by atoms with Gasteiger partial charge in [0.1, 0.15) is 17.3 Å². The zero-order chi connectivity index (χ0) is 20.5. The average molecular weight is 410 g/mol. The van der Waals surface area contributed by atoms with Crippen LogP contribution in [0.4, 0.5) is 10.1 Å². The van der Waals surface area contributed by atoms with Crippen molar-refractivity contribution in [1.82, 2.24) is 0 Å². The van der Waals surface area contributed by atoms with Crippen LogP contribution < -0.4 is 14.8 Å². The Morgan fingerprint density at radius 3 is 2.46 bits per heavy atom. The van der Waals surface area contributed by atoms with Crippen molar-refractivity contribution < 1.29 is 28.2 Å². The summed E-state index contributed by atoms with van der Waals surface area (Å²) in [6, 6.07) is 10.9. The maximum Gasteiger partial charge on any atom is 0.306 e. The van der Waals surface area contributed by atoms with E-state index in [1.54, 1.807) is 31.4 Å². The van der Waals surface area contributed by atoms with Crippen molar-refractivity contribution in [3.63, 3.8) is 0 Å². The van der Waals surface area contributed by atoms with Gasteiger partial charge in [0.15, 0.2) is 6.10 Å². The highest BCUT2D eigenvalue weighted by Crippen LogP contribution is 2.19. The third kappa shape index (κ3) is 6.74. The monoisotopic (exact) mass is 409 g/mol. The molecule has 0 fully saturated rings. The Bertz CT molecular complexity index is 813. The first-order valence-electron chi connectivity index (χ1n) is 8.61. The van der Waals surface area contributed by atoms with Crippen LogP contribution >= 0.6 is 11.6 Å². The molecule has 0 aliphatic carbocycles. The number of anilines is 1. The number of carbonyl (C=O) groups is 2. The van der Waals surface area contributed by atoms with Crippen LogP contribution in [0.3, 0.4) is 0 Å². The van der Waals surface area contributed by atoms with Gasteiger partial charge in [-0.2, -0.15) is 0 Å². The van der Waals surface area contributed by atoms with Gasteiger partial charge in [-0.25, -0.2) is 4.39 Å². The van der Waals surface area contributed by atoms with Crippen molar-refractivity contribution >= 4 is 29.2 Å². The molecule has 0 heterocycles. The normalized spacial score (nSPS) is 11.4. The van der Waals surface area contributed by atoms with Crippen LogP contribution in [0, 0.1) is 5.82 Å². The minimum Gasteiger partial charge on any atom is -0.497 e. The Morgan fingerprint density at radius 1 is 1.14 bits per heavy atom. The third-order valence-corrected chi connectivity index (χ3v) is 3.95. The van der Waals surface area contributed by atoms with E-state index in [-0.39, 0.29) is 17.1 Å². The molecule has 28 heavy (non-hydrogen) atoms. The second-order valence-electron chi connectivity index (χ2n) is 5.87. The van der Waals surface area contributed by atoms with E-state index in [1.807, 2.05) is 0 Å². The van der Waals surface area contributed by atoms with E-state index in [4.69, 9.17) is 25.8 Å². The molecule has 1 atom stereocenters. The number of benzene rings is 2. The Hall–Kier alpha value is -2.80. The van der Waals surface area contributed by atoms with Crippen LogP contribution in [-0.2, 0) is 14.3 Å². The predicted molar refractivity (Wildman–Crippen MR) is 103 cm³/mol. The predicted octanol–water partition coefficient (Wildman–Crippen LogP) is 4.22. The summed E-state index contributed by atoms with van der Waals surface area (Å²) in [6.45, 7) is 1.73. The van der Waals surface area contributed by atoms with E-state index in [0.29, 0.717) is 18.8 Å². The summed E-state index contributed by atoms with van der Waals surface area (Å²) in [6.07, 6.45) is -0.557. The molecule has 2 aromatic rings. The van der Waals surface area contributed by atoms with E-state index in [1.165, 1.54) is 19.1 Å². The molecule has 0 bridgehead atoms. The van der Waals surface area contributed by atoms with E-state index in [9.17, 15) is 14.0 Å². The Kier molecular flexibility index (Phi) is 8.07. The number of carbonyl (C=O) groups excluding carboxylic acids is 2. The lowest BCUT2D eigenvalue weighted by Gasteiger charge is -2.14. The third-order valence-electron chi connectivity index (χ3n) is 3.72. The summed E-state index contributed by atoms with van der Waals surface area (Å²) in [5.41, 5.74) is -0.0369. The number of esters is 1. The number of rotatable bonds is 9. The van der Waals surface area contributed by atoms with Crippen molar-refractivity contribution in [3.8, 4) is 11.5 Å². The highest BCUT2D eigenvalue weighted by atomic mass is 35.5. The average Bonchev–Trinajstić information content (AvgIpc) is 2.67. The molecular weight excluding hydrogens is 389 g/mol. The van der Waals surface area contributed by atoms with E-state index in [0.717, 1.165) is 11.8 Å². The topological polar surface area (TPSA) is 73.9 Å². The van der Waals surface area contributed by atoms with E-state index >= 15 is 0 Å². The zero-order valence-corrected chi connectivity index (χ0v) is 16.3. The molecule has 2 aromatic carbocycles. The lowest BCUT2D eigenvalue weighted by atomic mass is 10.2. The lowest BCUT2D eigenvalue weighted by Crippen LogP contribution is -2.30. The van der Waals surface area contributed by atoms with Gasteiger partial charge in [-0.15, -0.1) is 0 Å². The molecule has 1 N–H and O–H groups in total. The Morgan fingerprint density at radius 2 is 1.82 bits per heavy atom. The molecule has 0 aliphatic heterocycles. The summed E-state index contributed by atoms with van der Waals surface area (Å²) in [5.74, 6) is -0.467. The first kappa shape index (κ1) is 21.5. The first-order chi connectivity index (χ1) is 13.4. The van der Waals surface area contributed by atoms with E-state index < -0.39 is 23.8 Å². The highest BCUT2D eigenvalue weighted by molar-refractivity contribution is 6.30. The molecule has 0 spiro atoms. The van der Waals surface area contributed by atoms with Crippen LogP contribution in [-0.4, -0.2) is 31.7 Å². The van der Waals surface area contributed by atoms with Gasteiger partial charge in [0, 0.05) is 11.4 Å². The fraction of sp³-hybridized carbons (Fsp3) is 0.300. The van der Waals surface area contributed by atoms with Crippen molar-refractivity contribution in [2.45, 2.75) is 25.9 Å². The smallest absolute Gasteiger partial charge is 0.306 e. The minimum atomic E-state index is -1.06. The van der Waals surface area contributed by atoms with Gasteiger partial charge in [0.2, 0.25) is 0 Å². The maximum atomic E-state index is 13.7. The summed E-state index contributed by atoms with van der Waals surface area (Å²) in [5, 5.41) is 2.57. The molecule has 0 saturated heterocycles. The standard InChI is InChI=1S/C20H21ClFNO5/c1-13(20(25)23-18-10-5-14(21)12-17(18)22)28-19(24)4-3-11-27-16-8-6-15(26-2)7-9-16/h5-10,12-13H,3-4,11H2,1-2H3,(H,23,25)/t13-/m0/s1. The van der Waals surface area contributed by atoms with Crippen LogP contribution in [0.1, 0.15) is 19.8 Å². The second kappa shape index (κ2) is 10.5. The number of ether oxygens (including phenoxy) is 3. The maximum absolute atomic E-state index is 13.7. The fourth-order valence-corrected chi connectivity index (χ4v) is 2.37. The molecule has 2 rings (SSSR count). The van der Waals surface area contributed by atoms with Gasteiger partial charge in [-0.1, -0.05) is 11.6 Å². The molecule has 8 heteroatoms. The van der Waals surface area contributed by atoms with Gasteiger partial charge in [-0.05, 0) is 55.8 Å². The Labute approximate surface area is 167 Å². The van der Waals surface area contributed by atoms with Crippen LogP contribution in [0.2, 0.25) is 5.02 Å². The molecule has 0 unspecified atom stereocenters. The van der Waals surface area contributed by atoms with Gasteiger partial charge in [0.25, 0.3) is 5.91 Å². The van der Waals surface area contributed by atoms with Crippen LogP contribution in [0.5, 0.6) is 11.5 Å². The summed E-state index contributed by atoms with van der Waals surface area (Å²) >= 11 is 5.66. The fourth-order valence-electron chi connectivity index (χ4n) is 2.21. The van der Waals surface area contributed by atoms with Crippen LogP contribution in [0.15, 0.2) is 42.5 Å². The number of amides is 1. The molecule has 0 aliphatic rings. The molecule has 6 nitrogen and oxygen atoms in total. The van der Waals surface area contributed by atoms with Gasteiger partial charge >= 0.3 is 5.97 Å². The van der Waals surface area contributed by atoms with Crippen molar-refractivity contribution in [1.29, 1.82) is 0 Å². The lowest BCUT2D eigenvalue weighted by molar-refractivity contribution is -0.153. The zero-order valence-electron chi connectivity index (χ0n) is 15.5. The summed E-state index contributed by atoms with van der Waals surface area (Å²) in [4.78, 5) is 23.9. The molecule has 0 saturated carbocycles. The number of hydrogen-bond acceptors (Lipinski definition) is 5. The summed E-state index contributed by atoms with van der Waals surface area (Å²) in [7, 11) is 1.58. The van der Waals surface area contributed by atoms with Crippen LogP contribution in [0.25, 0.3) is 0 Å². The minimum absolute atomic E-state index is 0.0369. The Balaban J connectivity index is 1.70. The number of halogens is 2.